The average Bonchev–Trinajstić information content (AvgIpc) is 2.44. The topological polar surface area (TPSA) is 72.5 Å². The first-order valence-corrected chi connectivity index (χ1v) is 6.54. The van der Waals surface area contributed by atoms with Crippen molar-refractivity contribution in [2.45, 2.75) is 12.5 Å². The molecule has 7 heteroatoms. The summed E-state index contributed by atoms with van der Waals surface area (Å²) in [6.07, 6.45) is 0.248. The Kier molecular flexibility index (Phi) is 6.61. The standard InChI is InChI=1S/C15H13ClFNO3.ClH/c16-12-8-10(17)3-6-14(12)21-15(20)13(18)7-9-1-4-11(19)5-2-9;/h1-6,8,13,19H,7,18H2;1H/t13-;/m0./s1. The third-order valence-corrected chi connectivity index (χ3v) is 3.09. The molecule has 0 aromatic heterocycles. The monoisotopic (exact) mass is 345 g/mol. The van der Waals surface area contributed by atoms with Crippen molar-refractivity contribution >= 4 is 30.0 Å². The maximum Gasteiger partial charge on any atom is 0.328 e. The van der Waals surface area contributed by atoms with Crippen LogP contribution in [0.4, 0.5) is 4.39 Å². The lowest BCUT2D eigenvalue weighted by molar-refractivity contribution is -0.135. The molecule has 22 heavy (non-hydrogen) atoms. The number of nitrogens with two attached hydrogens (primary N) is 1. The SMILES string of the molecule is Cl.N[C@@H](Cc1ccc(O)cc1)C(=O)Oc1ccc(F)cc1Cl. The summed E-state index contributed by atoms with van der Waals surface area (Å²) in [6, 6.07) is 8.89. The highest BCUT2D eigenvalue weighted by Crippen LogP contribution is 2.25. The second-order valence-electron chi connectivity index (χ2n) is 4.47. The predicted molar refractivity (Wildman–Crippen MR) is 84.1 cm³/mol. The lowest BCUT2D eigenvalue weighted by Crippen LogP contribution is -2.36. The molecule has 0 aliphatic carbocycles. The summed E-state index contributed by atoms with van der Waals surface area (Å²) in [5, 5.41) is 9.18. The molecule has 0 spiro atoms. The van der Waals surface area contributed by atoms with Crippen molar-refractivity contribution in [2.75, 3.05) is 0 Å². The highest BCUT2D eigenvalue weighted by Gasteiger charge is 2.18. The van der Waals surface area contributed by atoms with E-state index >= 15 is 0 Å². The van der Waals surface area contributed by atoms with Gasteiger partial charge in [-0.3, -0.25) is 0 Å². The Morgan fingerprint density at radius 3 is 2.50 bits per heavy atom. The molecule has 0 fully saturated rings. The molecule has 0 heterocycles. The van der Waals surface area contributed by atoms with Crippen molar-refractivity contribution in [1.29, 1.82) is 0 Å². The predicted octanol–water partition coefficient (Wildman–Crippen LogP) is 3.08. The molecule has 1 atom stereocenters. The lowest BCUT2D eigenvalue weighted by atomic mass is 10.1. The fourth-order valence-corrected chi connectivity index (χ4v) is 1.92. The van der Waals surface area contributed by atoms with Gasteiger partial charge in [-0.05, 0) is 42.3 Å². The van der Waals surface area contributed by atoms with Crippen LogP contribution in [0, 0.1) is 5.82 Å². The van der Waals surface area contributed by atoms with E-state index in [0.29, 0.717) is 0 Å². The minimum Gasteiger partial charge on any atom is -0.508 e. The van der Waals surface area contributed by atoms with Crippen LogP contribution >= 0.6 is 24.0 Å². The number of esters is 1. The molecular weight excluding hydrogens is 332 g/mol. The Hall–Kier alpha value is -1.82. The maximum absolute atomic E-state index is 12.9. The fraction of sp³-hybridized carbons (Fsp3) is 0.133. The molecule has 0 aliphatic heterocycles. The number of halogens is 3. The van der Waals surface area contributed by atoms with Crippen molar-refractivity contribution in [3.8, 4) is 11.5 Å². The zero-order chi connectivity index (χ0) is 15.4. The number of phenolic OH excluding ortho intramolecular Hbond substituents is 1. The molecule has 0 saturated heterocycles. The second-order valence-corrected chi connectivity index (χ2v) is 4.88. The summed E-state index contributed by atoms with van der Waals surface area (Å²) in [7, 11) is 0. The molecule has 0 unspecified atom stereocenters. The summed E-state index contributed by atoms with van der Waals surface area (Å²) >= 11 is 5.77. The van der Waals surface area contributed by atoms with E-state index in [-0.39, 0.29) is 35.3 Å². The molecule has 0 aliphatic rings. The summed E-state index contributed by atoms with van der Waals surface area (Å²) in [6.45, 7) is 0. The summed E-state index contributed by atoms with van der Waals surface area (Å²) in [5.41, 5.74) is 6.54. The van der Waals surface area contributed by atoms with Crippen molar-refractivity contribution in [1.82, 2.24) is 0 Å². The van der Waals surface area contributed by atoms with E-state index < -0.39 is 17.8 Å². The lowest BCUT2D eigenvalue weighted by Gasteiger charge is -2.12. The van der Waals surface area contributed by atoms with Gasteiger partial charge in [0.25, 0.3) is 0 Å². The van der Waals surface area contributed by atoms with Gasteiger partial charge in [0.1, 0.15) is 23.4 Å². The van der Waals surface area contributed by atoms with Gasteiger partial charge in [0.2, 0.25) is 0 Å². The molecule has 3 N–H and O–H groups in total. The van der Waals surface area contributed by atoms with Gasteiger partial charge < -0.3 is 15.6 Å². The minimum absolute atomic E-state index is 0. The molecule has 0 amide bonds. The van der Waals surface area contributed by atoms with Gasteiger partial charge >= 0.3 is 5.97 Å². The fourth-order valence-electron chi connectivity index (χ4n) is 1.71. The number of aromatic hydroxyl groups is 1. The van der Waals surface area contributed by atoms with E-state index in [1.165, 1.54) is 18.2 Å². The average molecular weight is 346 g/mol. The molecular formula is C15H14Cl2FNO3. The third-order valence-electron chi connectivity index (χ3n) is 2.80. The van der Waals surface area contributed by atoms with Crippen LogP contribution in [0.3, 0.4) is 0 Å². The number of hydrogen-bond donors (Lipinski definition) is 2. The quantitative estimate of drug-likeness (QED) is 0.659. The van der Waals surface area contributed by atoms with Gasteiger partial charge in [-0.1, -0.05) is 23.7 Å². The second kappa shape index (κ2) is 7.98. The van der Waals surface area contributed by atoms with Gasteiger partial charge in [0.15, 0.2) is 0 Å². The van der Waals surface area contributed by atoms with Crippen LogP contribution in [0.5, 0.6) is 11.5 Å². The largest absolute Gasteiger partial charge is 0.508 e. The number of benzene rings is 2. The Morgan fingerprint density at radius 2 is 1.91 bits per heavy atom. The maximum atomic E-state index is 12.9. The Labute approximate surface area is 138 Å². The first-order chi connectivity index (χ1) is 9.95. The normalized spacial score (nSPS) is 11.4. The molecule has 0 radical (unpaired) electrons. The van der Waals surface area contributed by atoms with E-state index in [0.717, 1.165) is 17.7 Å². The zero-order valence-electron chi connectivity index (χ0n) is 11.3. The molecule has 0 bridgehead atoms. The summed E-state index contributed by atoms with van der Waals surface area (Å²) in [4.78, 5) is 11.9. The Balaban J connectivity index is 0.00000242. The number of hydrogen-bond acceptors (Lipinski definition) is 4. The van der Waals surface area contributed by atoms with Gasteiger partial charge in [-0.15, -0.1) is 12.4 Å². The minimum atomic E-state index is -0.893. The zero-order valence-corrected chi connectivity index (χ0v) is 12.9. The van der Waals surface area contributed by atoms with Gasteiger partial charge in [-0.2, -0.15) is 0 Å². The highest BCUT2D eigenvalue weighted by molar-refractivity contribution is 6.32. The first kappa shape index (κ1) is 18.2. The Bertz CT molecular complexity index is 650. The third kappa shape index (κ3) is 4.87. The van der Waals surface area contributed by atoms with Gasteiger partial charge in [0.05, 0.1) is 5.02 Å². The van der Waals surface area contributed by atoms with E-state index in [9.17, 15) is 14.3 Å². The number of carbonyl (C=O) groups excluding carboxylic acids is 1. The molecule has 118 valence electrons. The molecule has 0 saturated carbocycles. The van der Waals surface area contributed by atoms with E-state index in [2.05, 4.69) is 0 Å². The Morgan fingerprint density at radius 1 is 1.27 bits per heavy atom. The summed E-state index contributed by atoms with van der Waals surface area (Å²) in [5.74, 6) is -0.998. The van der Waals surface area contributed by atoms with E-state index in [4.69, 9.17) is 22.1 Å². The van der Waals surface area contributed by atoms with Crippen molar-refractivity contribution in [3.05, 3.63) is 58.9 Å². The van der Waals surface area contributed by atoms with Crippen LogP contribution in [-0.4, -0.2) is 17.1 Å². The number of ether oxygens (including phenoxy) is 1. The van der Waals surface area contributed by atoms with Crippen LogP contribution < -0.4 is 10.5 Å². The van der Waals surface area contributed by atoms with Gasteiger partial charge in [-0.25, -0.2) is 9.18 Å². The molecule has 4 nitrogen and oxygen atoms in total. The van der Waals surface area contributed by atoms with Crippen LogP contribution in [0.25, 0.3) is 0 Å². The van der Waals surface area contributed by atoms with Crippen LogP contribution in [-0.2, 0) is 11.2 Å². The molecule has 2 aromatic rings. The first-order valence-electron chi connectivity index (χ1n) is 6.16. The van der Waals surface area contributed by atoms with Crippen molar-refractivity contribution in [2.24, 2.45) is 5.73 Å². The summed E-state index contributed by atoms with van der Waals surface area (Å²) < 4.78 is 17.9. The van der Waals surface area contributed by atoms with Crippen molar-refractivity contribution in [3.63, 3.8) is 0 Å². The number of rotatable bonds is 4. The highest BCUT2D eigenvalue weighted by atomic mass is 35.5. The molecule has 2 rings (SSSR count). The van der Waals surface area contributed by atoms with Crippen LogP contribution in [0.15, 0.2) is 42.5 Å². The van der Waals surface area contributed by atoms with Crippen LogP contribution in [0.2, 0.25) is 5.02 Å². The number of carbonyl (C=O) groups is 1. The van der Waals surface area contributed by atoms with E-state index in [1.54, 1.807) is 12.1 Å². The van der Waals surface area contributed by atoms with Crippen molar-refractivity contribution < 1.29 is 19.0 Å². The van der Waals surface area contributed by atoms with Gasteiger partial charge in [0, 0.05) is 0 Å². The number of phenols is 1. The smallest absolute Gasteiger partial charge is 0.328 e. The van der Waals surface area contributed by atoms with Crippen LogP contribution in [0.1, 0.15) is 5.56 Å². The molecule has 2 aromatic carbocycles. The van der Waals surface area contributed by atoms with E-state index in [1.807, 2.05) is 0 Å².